The summed E-state index contributed by atoms with van der Waals surface area (Å²) in [5.41, 5.74) is 8.21. The van der Waals surface area contributed by atoms with Crippen LogP contribution in [-0.2, 0) is 12.8 Å². The van der Waals surface area contributed by atoms with Crippen LogP contribution in [0.1, 0.15) is 36.8 Å². The number of nitrogens with two attached hydrogens (primary N) is 1. The summed E-state index contributed by atoms with van der Waals surface area (Å²) in [4.78, 5) is 0. The Morgan fingerprint density at radius 2 is 2.00 bits per heavy atom. The van der Waals surface area contributed by atoms with Crippen molar-refractivity contribution in [3.63, 3.8) is 0 Å². The summed E-state index contributed by atoms with van der Waals surface area (Å²) in [7, 11) is 0. The predicted molar refractivity (Wildman–Crippen MR) is 74.6 cm³/mol. The highest BCUT2D eigenvalue weighted by Crippen LogP contribution is 2.33. The third-order valence-electron chi connectivity index (χ3n) is 3.23. The molecule has 2 N–H and O–H groups in total. The fourth-order valence-corrected chi connectivity index (χ4v) is 2.90. The van der Waals surface area contributed by atoms with Crippen LogP contribution >= 0.6 is 15.9 Å². The first-order valence-corrected chi connectivity index (χ1v) is 7.24. The number of ether oxygens (including phenoxy) is 1. The van der Waals surface area contributed by atoms with Crippen molar-refractivity contribution in [2.45, 2.75) is 38.5 Å². The minimum absolute atomic E-state index is 0.815. The average molecular weight is 298 g/mol. The molecule has 2 nitrogen and oxygen atoms in total. The van der Waals surface area contributed by atoms with E-state index in [0.717, 1.165) is 38.2 Å². The lowest BCUT2D eigenvalue weighted by Gasteiger charge is -2.09. The second kappa shape index (κ2) is 6.41. The van der Waals surface area contributed by atoms with E-state index in [9.17, 15) is 0 Å². The van der Waals surface area contributed by atoms with E-state index < -0.39 is 0 Å². The zero-order valence-electron chi connectivity index (χ0n) is 10.2. The Bertz CT molecular complexity index is 379. The fraction of sp³-hybridized carbons (Fsp3) is 0.571. The van der Waals surface area contributed by atoms with Crippen LogP contribution in [0.5, 0.6) is 5.75 Å². The van der Waals surface area contributed by atoms with Gasteiger partial charge in [-0.2, -0.15) is 0 Å². The van der Waals surface area contributed by atoms with E-state index in [2.05, 4.69) is 28.1 Å². The van der Waals surface area contributed by atoms with Crippen LogP contribution in [0.15, 0.2) is 16.6 Å². The van der Waals surface area contributed by atoms with Gasteiger partial charge in [0.2, 0.25) is 0 Å². The van der Waals surface area contributed by atoms with Crippen molar-refractivity contribution in [3.8, 4) is 5.75 Å². The summed E-state index contributed by atoms with van der Waals surface area (Å²) < 4.78 is 6.90. The van der Waals surface area contributed by atoms with Gasteiger partial charge in [-0.05, 0) is 49.1 Å². The summed E-state index contributed by atoms with van der Waals surface area (Å²) >= 11 is 3.58. The van der Waals surface area contributed by atoms with Crippen LogP contribution in [0.2, 0.25) is 0 Å². The molecule has 0 radical (unpaired) electrons. The zero-order valence-corrected chi connectivity index (χ0v) is 11.8. The summed E-state index contributed by atoms with van der Waals surface area (Å²) in [6, 6.07) is 4.38. The highest BCUT2D eigenvalue weighted by Gasteiger charge is 2.16. The van der Waals surface area contributed by atoms with Crippen molar-refractivity contribution < 1.29 is 4.74 Å². The Morgan fingerprint density at radius 3 is 2.82 bits per heavy atom. The Labute approximate surface area is 112 Å². The molecule has 0 bridgehead atoms. The Hall–Kier alpha value is -0.540. The summed E-state index contributed by atoms with van der Waals surface area (Å²) in [6.45, 7) is 1.65. The van der Waals surface area contributed by atoms with Crippen LogP contribution in [-0.4, -0.2) is 13.2 Å². The standard InChI is InChI=1S/C14H20BrNO/c15-13-9-11(5-3-1-2-4-7-16)14-12(10-13)6-8-17-14/h9-10H,1-8,16H2. The first-order valence-electron chi connectivity index (χ1n) is 6.45. The third-order valence-corrected chi connectivity index (χ3v) is 3.68. The molecular weight excluding hydrogens is 278 g/mol. The van der Waals surface area contributed by atoms with Crippen molar-refractivity contribution in [1.29, 1.82) is 0 Å². The lowest BCUT2D eigenvalue weighted by molar-refractivity contribution is 0.353. The second-order valence-corrected chi connectivity index (χ2v) is 5.52. The highest BCUT2D eigenvalue weighted by atomic mass is 79.9. The van der Waals surface area contributed by atoms with Crippen LogP contribution < -0.4 is 10.5 Å². The van der Waals surface area contributed by atoms with Crippen LogP contribution in [0.25, 0.3) is 0 Å². The van der Waals surface area contributed by atoms with Gasteiger partial charge in [0.05, 0.1) is 6.61 Å². The van der Waals surface area contributed by atoms with Crippen molar-refractivity contribution in [2.75, 3.05) is 13.2 Å². The van der Waals surface area contributed by atoms with E-state index in [1.54, 1.807) is 0 Å². The van der Waals surface area contributed by atoms with Gasteiger partial charge >= 0.3 is 0 Å². The monoisotopic (exact) mass is 297 g/mol. The molecule has 3 heteroatoms. The molecule has 17 heavy (non-hydrogen) atoms. The maximum Gasteiger partial charge on any atom is 0.125 e. The molecule has 0 fully saturated rings. The summed E-state index contributed by atoms with van der Waals surface area (Å²) in [5.74, 6) is 1.15. The number of aryl methyl sites for hydroxylation is 1. The topological polar surface area (TPSA) is 35.2 Å². The molecule has 0 atom stereocenters. The van der Waals surface area contributed by atoms with E-state index in [0.29, 0.717) is 0 Å². The molecule has 1 aliphatic rings. The normalized spacial score (nSPS) is 13.5. The first kappa shape index (κ1) is 12.9. The van der Waals surface area contributed by atoms with Gasteiger partial charge in [0.25, 0.3) is 0 Å². The number of fused-ring (bicyclic) bond motifs is 1. The lowest BCUT2D eigenvalue weighted by atomic mass is 10.0. The van der Waals surface area contributed by atoms with Crippen molar-refractivity contribution in [1.82, 2.24) is 0 Å². The Morgan fingerprint density at radius 1 is 1.18 bits per heavy atom. The molecule has 0 unspecified atom stereocenters. The molecule has 94 valence electrons. The van der Waals surface area contributed by atoms with Gasteiger partial charge in [-0.3, -0.25) is 0 Å². The number of rotatable bonds is 6. The van der Waals surface area contributed by atoms with Gasteiger partial charge in [0.1, 0.15) is 5.75 Å². The van der Waals surface area contributed by atoms with Crippen LogP contribution in [0, 0.1) is 0 Å². The maximum absolute atomic E-state index is 5.72. The lowest BCUT2D eigenvalue weighted by Crippen LogP contribution is -1.98. The maximum atomic E-state index is 5.72. The Balaban J connectivity index is 1.92. The van der Waals surface area contributed by atoms with Gasteiger partial charge in [0.15, 0.2) is 0 Å². The number of hydrogen-bond donors (Lipinski definition) is 1. The SMILES string of the molecule is NCCCCCCc1cc(Br)cc2c1OCC2. The largest absolute Gasteiger partial charge is 0.493 e. The second-order valence-electron chi connectivity index (χ2n) is 4.60. The van der Waals surface area contributed by atoms with Gasteiger partial charge in [-0.25, -0.2) is 0 Å². The molecule has 1 aromatic rings. The smallest absolute Gasteiger partial charge is 0.125 e. The minimum atomic E-state index is 0.815. The van der Waals surface area contributed by atoms with Crippen LogP contribution in [0.3, 0.4) is 0 Å². The molecular formula is C14H20BrNO. The quantitative estimate of drug-likeness (QED) is 0.816. The first-order chi connectivity index (χ1) is 8.31. The van der Waals surface area contributed by atoms with E-state index in [-0.39, 0.29) is 0 Å². The molecule has 0 aliphatic carbocycles. The molecule has 1 aromatic carbocycles. The average Bonchev–Trinajstić information content (AvgIpc) is 2.76. The van der Waals surface area contributed by atoms with Crippen molar-refractivity contribution >= 4 is 15.9 Å². The number of hydrogen-bond acceptors (Lipinski definition) is 2. The third kappa shape index (κ3) is 3.46. The van der Waals surface area contributed by atoms with Gasteiger partial charge in [-0.1, -0.05) is 28.8 Å². The number of unbranched alkanes of at least 4 members (excludes halogenated alkanes) is 3. The molecule has 1 heterocycles. The van der Waals surface area contributed by atoms with Gasteiger partial charge in [-0.15, -0.1) is 0 Å². The molecule has 0 saturated carbocycles. The summed E-state index contributed by atoms with van der Waals surface area (Å²) in [6.07, 6.45) is 7.05. The van der Waals surface area contributed by atoms with Gasteiger partial charge < -0.3 is 10.5 Å². The molecule has 0 amide bonds. The number of halogens is 1. The molecule has 1 aliphatic heterocycles. The van der Waals surface area contributed by atoms with Crippen molar-refractivity contribution in [3.05, 3.63) is 27.7 Å². The van der Waals surface area contributed by atoms with Crippen LogP contribution in [0.4, 0.5) is 0 Å². The van der Waals surface area contributed by atoms with E-state index in [1.807, 2.05) is 0 Å². The molecule has 0 saturated heterocycles. The fourth-order valence-electron chi connectivity index (χ4n) is 2.35. The predicted octanol–water partition coefficient (Wildman–Crippen LogP) is 3.45. The Kier molecular flexibility index (Phi) is 4.86. The minimum Gasteiger partial charge on any atom is -0.493 e. The van der Waals surface area contributed by atoms with Gasteiger partial charge in [0, 0.05) is 10.9 Å². The number of benzene rings is 1. The highest BCUT2D eigenvalue weighted by molar-refractivity contribution is 9.10. The van der Waals surface area contributed by atoms with E-state index >= 15 is 0 Å². The molecule has 2 rings (SSSR count). The van der Waals surface area contributed by atoms with E-state index in [4.69, 9.17) is 10.5 Å². The zero-order chi connectivity index (χ0) is 12.1. The molecule has 0 spiro atoms. The summed E-state index contributed by atoms with van der Waals surface area (Å²) in [5, 5.41) is 0. The van der Waals surface area contributed by atoms with E-state index in [1.165, 1.54) is 34.9 Å². The molecule has 0 aromatic heterocycles. The van der Waals surface area contributed by atoms with Crippen molar-refractivity contribution in [2.24, 2.45) is 5.73 Å².